The summed E-state index contributed by atoms with van der Waals surface area (Å²) in [6.07, 6.45) is 5.12. The third-order valence-corrected chi connectivity index (χ3v) is 4.23. The number of hydrogen-bond donors (Lipinski definition) is 1. The number of para-hydroxylation sites is 1. The Hall–Kier alpha value is -1.61. The van der Waals surface area contributed by atoms with E-state index in [9.17, 15) is 0 Å². The van der Waals surface area contributed by atoms with Crippen molar-refractivity contribution in [3.05, 3.63) is 36.4 Å². The molecule has 3 nitrogen and oxygen atoms in total. The van der Waals surface area contributed by atoms with E-state index in [0.717, 1.165) is 24.4 Å². The third kappa shape index (κ3) is 2.78. The Labute approximate surface area is 121 Å². The quantitative estimate of drug-likeness (QED) is 0.924. The predicted octanol–water partition coefficient (Wildman–Crippen LogP) is 3.20. The molecule has 1 aromatic heterocycles. The molecular weight excluding hydrogens is 246 g/mol. The molecule has 1 N–H and O–H groups in total. The molecule has 0 amide bonds. The van der Waals surface area contributed by atoms with E-state index in [-0.39, 0.29) is 0 Å². The van der Waals surface area contributed by atoms with Crippen LogP contribution in [0, 0.1) is 0 Å². The molecule has 0 spiro atoms. The van der Waals surface area contributed by atoms with Gasteiger partial charge in [-0.1, -0.05) is 18.2 Å². The van der Waals surface area contributed by atoms with E-state index in [1.54, 1.807) is 0 Å². The van der Waals surface area contributed by atoms with Gasteiger partial charge in [-0.05, 0) is 57.5 Å². The highest BCUT2D eigenvalue weighted by Gasteiger charge is 2.23. The number of nitrogens with one attached hydrogen (secondary N) is 1. The van der Waals surface area contributed by atoms with Crippen molar-refractivity contribution in [2.24, 2.45) is 0 Å². The van der Waals surface area contributed by atoms with Crippen molar-refractivity contribution in [2.45, 2.75) is 31.7 Å². The Bertz CT molecular complexity index is 567. The molecule has 1 aliphatic heterocycles. The predicted molar refractivity (Wildman–Crippen MR) is 85.3 cm³/mol. The van der Waals surface area contributed by atoms with Crippen molar-refractivity contribution >= 4 is 16.7 Å². The number of nitrogens with zero attached hydrogens (tertiary/aromatic N) is 2. The SMILES string of the molecule is CNCCC1CCCCN1c1ccc2ccccc2n1. The van der Waals surface area contributed by atoms with Gasteiger partial charge in [-0.25, -0.2) is 4.98 Å². The van der Waals surface area contributed by atoms with Crippen LogP contribution in [-0.2, 0) is 0 Å². The first-order chi connectivity index (χ1) is 9.88. The largest absolute Gasteiger partial charge is 0.354 e. The smallest absolute Gasteiger partial charge is 0.129 e. The number of pyridine rings is 1. The van der Waals surface area contributed by atoms with Crippen LogP contribution in [0.25, 0.3) is 10.9 Å². The fraction of sp³-hybridized carbons (Fsp3) is 0.471. The summed E-state index contributed by atoms with van der Waals surface area (Å²) in [5, 5.41) is 4.49. The second-order valence-electron chi connectivity index (χ2n) is 5.60. The van der Waals surface area contributed by atoms with E-state index in [2.05, 4.69) is 46.6 Å². The van der Waals surface area contributed by atoms with Crippen LogP contribution in [0.15, 0.2) is 36.4 Å². The molecule has 0 aliphatic carbocycles. The Balaban J connectivity index is 1.86. The molecule has 1 aromatic carbocycles. The van der Waals surface area contributed by atoms with Gasteiger partial charge in [0.1, 0.15) is 5.82 Å². The van der Waals surface area contributed by atoms with Crippen molar-refractivity contribution in [1.82, 2.24) is 10.3 Å². The molecule has 3 rings (SSSR count). The van der Waals surface area contributed by atoms with Crippen molar-refractivity contribution < 1.29 is 0 Å². The van der Waals surface area contributed by atoms with Crippen molar-refractivity contribution in [3.8, 4) is 0 Å². The second-order valence-corrected chi connectivity index (χ2v) is 5.60. The summed E-state index contributed by atoms with van der Waals surface area (Å²) in [6.45, 7) is 2.22. The molecule has 1 aliphatic rings. The first-order valence-electron chi connectivity index (χ1n) is 7.65. The maximum absolute atomic E-state index is 4.86. The Morgan fingerprint density at radius 2 is 2.10 bits per heavy atom. The number of rotatable bonds is 4. The number of aromatic nitrogens is 1. The van der Waals surface area contributed by atoms with Gasteiger partial charge in [-0.15, -0.1) is 0 Å². The normalized spacial score (nSPS) is 19.4. The maximum Gasteiger partial charge on any atom is 0.129 e. The summed E-state index contributed by atoms with van der Waals surface area (Å²) < 4.78 is 0. The monoisotopic (exact) mass is 269 g/mol. The summed E-state index contributed by atoms with van der Waals surface area (Å²) >= 11 is 0. The summed E-state index contributed by atoms with van der Waals surface area (Å²) in [6, 6.07) is 13.4. The summed E-state index contributed by atoms with van der Waals surface area (Å²) in [7, 11) is 2.03. The van der Waals surface area contributed by atoms with Gasteiger partial charge in [0, 0.05) is 18.0 Å². The number of anilines is 1. The molecule has 0 radical (unpaired) electrons. The molecule has 0 bridgehead atoms. The lowest BCUT2D eigenvalue weighted by Gasteiger charge is -2.37. The lowest BCUT2D eigenvalue weighted by molar-refractivity contribution is 0.431. The van der Waals surface area contributed by atoms with Gasteiger partial charge in [0.25, 0.3) is 0 Å². The zero-order valence-electron chi connectivity index (χ0n) is 12.2. The zero-order chi connectivity index (χ0) is 13.8. The summed E-state index contributed by atoms with van der Waals surface area (Å²) in [5.74, 6) is 1.14. The van der Waals surface area contributed by atoms with Crippen LogP contribution in [0.5, 0.6) is 0 Å². The highest BCUT2D eigenvalue weighted by atomic mass is 15.2. The second kappa shape index (κ2) is 6.23. The van der Waals surface area contributed by atoms with E-state index >= 15 is 0 Å². The van der Waals surface area contributed by atoms with Crippen molar-refractivity contribution in [3.63, 3.8) is 0 Å². The first-order valence-corrected chi connectivity index (χ1v) is 7.65. The van der Waals surface area contributed by atoms with E-state index in [1.165, 1.54) is 31.1 Å². The molecule has 2 aromatic rings. The van der Waals surface area contributed by atoms with Crippen LogP contribution in [0.3, 0.4) is 0 Å². The standard InChI is InChI=1S/C17H23N3/c1-18-12-11-15-7-4-5-13-20(15)17-10-9-14-6-2-3-8-16(14)19-17/h2-3,6,8-10,15,18H,4-5,7,11-13H2,1H3. The molecule has 106 valence electrons. The molecule has 3 heteroatoms. The zero-order valence-corrected chi connectivity index (χ0v) is 12.2. The summed E-state index contributed by atoms with van der Waals surface area (Å²) in [4.78, 5) is 7.37. The molecule has 20 heavy (non-hydrogen) atoms. The lowest BCUT2D eigenvalue weighted by Crippen LogP contribution is -2.41. The summed E-state index contributed by atoms with van der Waals surface area (Å²) in [5.41, 5.74) is 1.10. The fourth-order valence-corrected chi connectivity index (χ4v) is 3.13. The molecular formula is C17H23N3. The fourth-order valence-electron chi connectivity index (χ4n) is 3.13. The Morgan fingerprint density at radius 3 is 3.00 bits per heavy atom. The Kier molecular flexibility index (Phi) is 4.16. The van der Waals surface area contributed by atoms with Gasteiger partial charge in [-0.2, -0.15) is 0 Å². The molecule has 2 heterocycles. The van der Waals surface area contributed by atoms with E-state index < -0.39 is 0 Å². The topological polar surface area (TPSA) is 28.2 Å². The number of hydrogen-bond acceptors (Lipinski definition) is 3. The Morgan fingerprint density at radius 1 is 1.20 bits per heavy atom. The van der Waals surface area contributed by atoms with Gasteiger partial charge in [0.2, 0.25) is 0 Å². The minimum Gasteiger partial charge on any atom is -0.354 e. The first kappa shape index (κ1) is 13.4. The van der Waals surface area contributed by atoms with Gasteiger partial charge >= 0.3 is 0 Å². The minimum atomic E-state index is 0.630. The van der Waals surface area contributed by atoms with Crippen LogP contribution in [-0.4, -0.2) is 31.2 Å². The molecule has 1 atom stereocenters. The highest BCUT2D eigenvalue weighted by molar-refractivity contribution is 5.80. The average molecular weight is 269 g/mol. The average Bonchev–Trinajstić information content (AvgIpc) is 2.53. The van der Waals surface area contributed by atoms with E-state index in [4.69, 9.17) is 4.98 Å². The number of benzene rings is 1. The minimum absolute atomic E-state index is 0.630. The molecule has 1 fully saturated rings. The molecule has 1 unspecified atom stereocenters. The van der Waals surface area contributed by atoms with E-state index in [1.807, 2.05) is 7.05 Å². The van der Waals surface area contributed by atoms with Crippen molar-refractivity contribution in [1.29, 1.82) is 0 Å². The van der Waals surface area contributed by atoms with Crippen LogP contribution < -0.4 is 10.2 Å². The van der Waals surface area contributed by atoms with Gasteiger partial charge in [-0.3, -0.25) is 0 Å². The third-order valence-electron chi connectivity index (χ3n) is 4.23. The van der Waals surface area contributed by atoms with Crippen LogP contribution >= 0.6 is 0 Å². The van der Waals surface area contributed by atoms with Gasteiger partial charge in [0.15, 0.2) is 0 Å². The highest BCUT2D eigenvalue weighted by Crippen LogP contribution is 2.26. The van der Waals surface area contributed by atoms with Gasteiger partial charge < -0.3 is 10.2 Å². The number of fused-ring (bicyclic) bond motifs is 1. The van der Waals surface area contributed by atoms with Gasteiger partial charge in [0.05, 0.1) is 5.52 Å². The van der Waals surface area contributed by atoms with E-state index in [0.29, 0.717) is 6.04 Å². The van der Waals surface area contributed by atoms with Crippen LogP contribution in [0.2, 0.25) is 0 Å². The lowest BCUT2D eigenvalue weighted by atomic mass is 9.99. The number of piperidine rings is 1. The molecule has 1 saturated heterocycles. The van der Waals surface area contributed by atoms with Crippen LogP contribution in [0.1, 0.15) is 25.7 Å². The van der Waals surface area contributed by atoms with Crippen molar-refractivity contribution in [2.75, 3.05) is 25.0 Å². The van der Waals surface area contributed by atoms with Crippen LogP contribution in [0.4, 0.5) is 5.82 Å². The molecule has 0 saturated carbocycles. The maximum atomic E-state index is 4.86.